The van der Waals surface area contributed by atoms with E-state index in [2.05, 4.69) is 28.9 Å². The van der Waals surface area contributed by atoms with E-state index in [0.29, 0.717) is 36.5 Å². The van der Waals surface area contributed by atoms with Crippen molar-refractivity contribution < 1.29 is 27.4 Å². The maximum absolute atomic E-state index is 13.6. The van der Waals surface area contributed by atoms with E-state index in [1.165, 1.54) is 6.07 Å². The van der Waals surface area contributed by atoms with Crippen LogP contribution < -0.4 is 10.1 Å². The summed E-state index contributed by atoms with van der Waals surface area (Å²) in [6.45, 7) is 6.20. The molecule has 1 aromatic heterocycles. The zero-order valence-corrected chi connectivity index (χ0v) is 18.5. The van der Waals surface area contributed by atoms with Gasteiger partial charge in [-0.15, -0.1) is 13.2 Å². The Morgan fingerprint density at radius 3 is 2.88 bits per heavy atom. The second-order valence-corrected chi connectivity index (χ2v) is 10.0. The van der Waals surface area contributed by atoms with Crippen LogP contribution in [0, 0.1) is 17.3 Å². The molecule has 32 heavy (non-hydrogen) atoms. The Labute approximate surface area is 185 Å². The summed E-state index contributed by atoms with van der Waals surface area (Å²) in [5.41, 5.74) is 1.01. The van der Waals surface area contributed by atoms with Gasteiger partial charge in [0.15, 0.2) is 0 Å². The molecular formula is C23H30F3N3O3. The molecule has 4 aliphatic rings. The van der Waals surface area contributed by atoms with Crippen molar-refractivity contribution >= 4 is 5.91 Å². The lowest BCUT2D eigenvalue weighted by atomic mass is 9.73. The summed E-state index contributed by atoms with van der Waals surface area (Å²) < 4.78 is 47.4. The Bertz CT molecular complexity index is 895. The van der Waals surface area contributed by atoms with Crippen LogP contribution in [0.1, 0.15) is 50.8 Å². The van der Waals surface area contributed by atoms with Crippen LogP contribution in [0.25, 0.3) is 0 Å². The van der Waals surface area contributed by atoms with Crippen molar-refractivity contribution in [1.82, 2.24) is 15.2 Å². The number of ether oxygens (including phenoxy) is 2. The maximum atomic E-state index is 13.6. The fourth-order valence-corrected chi connectivity index (χ4v) is 6.41. The number of carbonyl (C=O) groups is 1. The van der Waals surface area contributed by atoms with E-state index in [-0.39, 0.29) is 23.6 Å². The molecule has 6 nitrogen and oxygen atoms in total. The van der Waals surface area contributed by atoms with Crippen LogP contribution in [0.5, 0.6) is 5.75 Å². The van der Waals surface area contributed by atoms with Crippen molar-refractivity contribution in [2.45, 2.75) is 77.0 Å². The van der Waals surface area contributed by atoms with E-state index in [9.17, 15) is 18.0 Å². The molecule has 0 aromatic carbocycles. The molecule has 3 fully saturated rings. The van der Waals surface area contributed by atoms with Crippen molar-refractivity contribution in [3.05, 3.63) is 23.5 Å². The number of hydrogen-bond donors (Lipinski definition) is 1. The van der Waals surface area contributed by atoms with Crippen molar-refractivity contribution in [2.75, 3.05) is 13.2 Å². The fraction of sp³-hybridized carbons (Fsp3) is 0.739. The number of amides is 1. The lowest BCUT2D eigenvalue weighted by molar-refractivity contribution is -0.274. The minimum absolute atomic E-state index is 0.0395. The van der Waals surface area contributed by atoms with Gasteiger partial charge in [0.2, 0.25) is 5.91 Å². The first-order chi connectivity index (χ1) is 15.2. The highest BCUT2D eigenvalue weighted by atomic mass is 19.4. The van der Waals surface area contributed by atoms with Gasteiger partial charge in [0, 0.05) is 43.4 Å². The van der Waals surface area contributed by atoms with Gasteiger partial charge in [-0.05, 0) is 49.1 Å². The van der Waals surface area contributed by atoms with Gasteiger partial charge in [0.1, 0.15) is 5.75 Å². The number of rotatable bonds is 3. The topological polar surface area (TPSA) is 63.7 Å². The number of nitrogens with one attached hydrogen (secondary N) is 1. The molecule has 2 saturated heterocycles. The van der Waals surface area contributed by atoms with Gasteiger partial charge in [-0.25, -0.2) is 0 Å². The van der Waals surface area contributed by atoms with Crippen molar-refractivity contribution in [3.8, 4) is 5.75 Å². The average molecular weight is 454 g/mol. The molecule has 1 aromatic rings. The summed E-state index contributed by atoms with van der Waals surface area (Å²) in [4.78, 5) is 19.8. The predicted molar refractivity (Wildman–Crippen MR) is 110 cm³/mol. The highest BCUT2D eigenvalue weighted by Gasteiger charge is 2.60. The van der Waals surface area contributed by atoms with E-state index in [1.807, 2.05) is 4.90 Å². The van der Waals surface area contributed by atoms with Gasteiger partial charge >= 0.3 is 6.36 Å². The first kappa shape index (κ1) is 21.9. The first-order valence-corrected chi connectivity index (χ1v) is 11.5. The molecule has 3 aliphatic heterocycles. The maximum Gasteiger partial charge on any atom is 0.573 e. The Morgan fingerprint density at radius 1 is 1.31 bits per heavy atom. The Morgan fingerprint density at radius 2 is 2.12 bits per heavy atom. The molecule has 1 amide bonds. The number of pyridine rings is 1. The molecular weight excluding hydrogens is 423 g/mol. The van der Waals surface area contributed by atoms with Gasteiger partial charge in [-0.2, -0.15) is 0 Å². The summed E-state index contributed by atoms with van der Waals surface area (Å²) in [6.07, 6.45) is 0.567. The van der Waals surface area contributed by atoms with E-state index in [4.69, 9.17) is 4.74 Å². The van der Waals surface area contributed by atoms with Crippen LogP contribution in [0.2, 0.25) is 0 Å². The van der Waals surface area contributed by atoms with Crippen molar-refractivity contribution in [2.24, 2.45) is 17.3 Å². The van der Waals surface area contributed by atoms with Crippen LogP contribution in [0.15, 0.2) is 12.3 Å². The SMILES string of the molecule is CC1COCCC1N[C@@H]1CC[C@@]2(C1)C(=O)N1Cc3cc(OC(F)(F)F)cnc3CC1C2C. The third-order valence-corrected chi connectivity index (χ3v) is 8.19. The van der Waals surface area contributed by atoms with Crippen LogP contribution in [0.3, 0.4) is 0 Å². The number of nitrogens with zero attached hydrogens (tertiary/aromatic N) is 2. The lowest BCUT2D eigenvalue weighted by Gasteiger charge is -2.33. The number of carbonyl (C=O) groups excluding carboxylic acids is 1. The normalized spacial score (nSPS) is 37.0. The lowest BCUT2D eigenvalue weighted by Crippen LogP contribution is -2.46. The van der Waals surface area contributed by atoms with Gasteiger partial charge in [-0.1, -0.05) is 13.8 Å². The molecule has 1 N–H and O–H groups in total. The molecule has 1 spiro atoms. The van der Waals surface area contributed by atoms with Crippen LogP contribution in [0.4, 0.5) is 13.2 Å². The Balaban J connectivity index is 1.31. The summed E-state index contributed by atoms with van der Waals surface area (Å²) in [7, 11) is 0. The van der Waals surface area contributed by atoms with E-state index < -0.39 is 11.8 Å². The quantitative estimate of drug-likeness (QED) is 0.760. The molecule has 1 saturated carbocycles. The zero-order valence-electron chi connectivity index (χ0n) is 18.5. The minimum atomic E-state index is -4.76. The Hall–Kier alpha value is -1.87. The van der Waals surface area contributed by atoms with Gasteiger partial charge in [-0.3, -0.25) is 9.78 Å². The molecule has 5 rings (SSSR count). The molecule has 4 heterocycles. The van der Waals surface area contributed by atoms with Crippen LogP contribution in [-0.4, -0.2) is 53.5 Å². The third-order valence-electron chi connectivity index (χ3n) is 8.19. The highest BCUT2D eigenvalue weighted by Crippen LogP contribution is 2.54. The number of aromatic nitrogens is 1. The van der Waals surface area contributed by atoms with E-state index >= 15 is 0 Å². The van der Waals surface area contributed by atoms with E-state index in [1.54, 1.807) is 0 Å². The summed E-state index contributed by atoms with van der Waals surface area (Å²) in [5.74, 6) is 0.443. The summed E-state index contributed by atoms with van der Waals surface area (Å²) in [5, 5.41) is 3.80. The predicted octanol–water partition coefficient (Wildman–Crippen LogP) is 3.44. The van der Waals surface area contributed by atoms with Crippen LogP contribution in [-0.2, 0) is 22.5 Å². The average Bonchev–Trinajstić information content (AvgIpc) is 3.24. The first-order valence-electron chi connectivity index (χ1n) is 11.5. The largest absolute Gasteiger partial charge is 0.573 e. The fourth-order valence-electron chi connectivity index (χ4n) is 6.41. The third kappa shape index (κ3) is 3.77. The van der Waals surface area contributed by atoms with Gasteiger partial charge in [0.25, 0.3) is 0 Å². The number of halogens is 3. The second kappa shape index (κ2) is 7.87. The smallest absolute Gasteiger partial charge is 0.404 e. The number of alkyl halides is 3. The molecule has 9 heteroatoms. The standard InChI is InChI=1S/C23H30F3N3O3/c1-13-12-31-6-4-18(13)28-16-3-5-22(9-16)14(2)20-8-19-15(11-29(20)21(22)30)7-17(10-27-19)32-23(24,25)26/h7,10,13-14,16,18,20,28H,3-6,8-9,11-12H2,1-2H3/t13?,14?,16-,18?,20?,22+/m1/s1. The highest BCUT2D eigenvalue weighted by molar-refractivity contribution is 5.87. The molecule has 176 valence electrons. The molecule has 6 atom stereocenters. The second-order valence-electron chi connectivity index (χ2n) is 10.0. The minimum Gasteiger partial charge on any atom is -0.404 e. The summed E-state index contributed by atoms with van der Waals surface area (Å²) >= 11 is 0. The molecule has 0 radical (unpaired) electrons. The molecule has 0 bridgehead atoms. The van der Waals surface area contributed by atoms with Crippen molar-refractivity contribution in [3.63, 3.8) is 0 Å². The molecule has 1 aliphatic carbocycles. The summed E-state index contributed by atoms with van der Waals surface area (Å²) in [6, 6.07) is 2.14. The van der Waals surface area contributed by atoms with Gasteiger partial charge in [0.05, 0.1) is 18.2 Å². The Kier molecular flexibility index (Phi) is 5.40. The van der Waals surface area contributed by atoms with E-state index in [0.717, 1.165) is 50.8 Å². The molecule has 4 unspecified atom stereocenters. The van der Waals surface area contributed by atoms with Gasteiger partial charge < -0.3 is 19.7 Å². The zero-order chi connectivity index (χ0) is 22.7. The van der Waals surface area contributed by atoms with Crippen molar-refractivity contribution in [1.29, 1.82) is 0 Å². The van der Waals surface area contributed by atoms with Crippen LogP contribution >= 0.6 is 0 Å². The monoisotopic (exact) mass is 453 g/mol. The number of fused-ring (bicyclic) bond motifs is 2. The number of hydrogen-bond acceptors (Lipinski definition) is 5.